The third kappa shape index (κ3) is 2.34. The molecular weight excluding hydrogens is 184 g/mol. The molecule has 13 heavy (non-hydrogen) atoms. The topological polar surface area (TPSA) is 41.5 Å². The van der Waals surface area contributed by atoms with E-state index >= 15 is 0 Å². The van der Waals surface area contributed by atoms with E-state index in [9.17, 15) is 4.79 Å². The monoisotopic (exact) mass is 194 g/mol. The first-order valence-corrected chi connectivity index (χ1v) is 4.96. The third-order valence-corrected chi connectivity index (χ3v) is 2.19. The van der Waals surface area contributed by atoms with Crippen LogP contribution in [0, 0.1) is 0 Å². The molecule has 0 atom stereocenters. The molecule has 0 aromatic heterocycles. The molecule has 0 unspecified atom stereocenters. The fourth-order valence-electron chi connectivity index (χ4n) is 0.870. The van der Waals surface area contributed by atoms with E-state index in [1.807, 2.05) is 6.26 Å². The molecule has 0 radical (unpaired) electrons. The summed E-state index contributed by atoms with van der Waals surface area (Å²) in [6.07, 6.45) is 5.99. The molecule has 1 N–H and O–H groups in total. The second-order valence-corrected chi connectivity index (χ2v) is 3.11. The van der Waals surface area contributed by atoms with Crippen LogP contribution in [0.25, 0.3) is 0 Å². The van der Waals surface area contributed by atoms with Crippen molar-refractivity contribution < 1.29 is 4.79 Å². The molecule has 3 nitrogen and oxygen atoms in total. The molecule has 0 fully saturated rings. The Balaban J connectivity index is 3.10. The first kappa shape index (κ1) is 9.84. The van der Waals surface area contributed by atoms with Gasteiger partial charge in [0.15, 0.2) is 6.29 Å². The number of aliphatic imine (C=N–C) groups is 1. The Morgan fingerprint density at radius 1 is 1.69 bits per heavy atom. The Morgan fingerprint density at radius 2 is 2.46 bits per heavy atom. The van der Waals surface area contributed by atoms with Crippen LogP contribution in [0.5, 0.6) is 0 Å². The van der Waals surface area contributed by atoms with Crippen molar-refractivity contribution in [3.8, 4) is 0 Å². The quantitative estimate of drug-likeness (QED) is 0.528. The molecule has 0 aromatic rings. The normalized spacial score (nSPS) is 15.4. The Hall–Kier alpha value is -1.25. The van der Waals surface area contributed by atoms with Crippen LogP contribution < -0.4 is 5.32 Å². The van der Waals surface area contributed by atoms with Crippen molar-refractivity contribution in [2.45, 2.75) is 0 Å². The first-order chi connectivity index (χ1) is 6.31. The number of carbonyl (C=O) groups is 1. The lowest BCUT2D eigenvalue weighted by atomic mass is 10.2. The third-order valence-electron chi connectivity index (χ3n) is 1.55. The van der Waals surface area contributed by atoms with E-state index in [0.717, 1.165) is 11.3 Å². The van der Waals surface area contributed by atoms with Gasteiger partial charge in [-0.2, -0.15) is 0 Å². The number of hydrogen-bond donors (Lipinski definition) is 1. The molecule has 1 aliphatic heterocycles. The SMILES string of the molecule is CNC1=C=CC(SC)=NC=C1C=O. The van der Waals surface area contributed by atoms with Gasteiger partial charge in [0.1, 0.15) is 5.04 Å². The minimum Gasteiger partial charge on any atom is -0.381 e. The summed E-state index contributed by atoms with van der Waals surface area (Å²) >= 11 is 1.51. The van der Waals surface area contributed by atoms with Gasteiger partial charge in [-0.3, -0.25) is 4.79 Å². The molecule has 0 bridgehead atoms. The maximum absolute atomic E-state index is 10.6. The molecule has 4 heteroatoms. The Bertz CT molecular complexity index is 336. The molecule has 68 valence electrons. The summed E-state index contributed by atoms with van der Waals surface area (Å²) < 4.78 is 0. The Morgan fingerprint density at radius 3 is 3.00 bits per heavy atom. The summed E-state index contributed by atoms with van der Waals surface area (Å²) in [7, 11) is 1.75. The zero-order chi connectivity index (χ0) is 9.68. The molecule has 0 saturated carbocycles. The number of thioether (sulfide) groups is 1. The predicted molar refractivity (Wildman–Crippen MR) is 55.8 cm³/mol. The van der Waals surface area contributed by atoms with Crippen molar-refractivity contribution in [2.75, 3.05) is 13.3 Å². The molecule has 0 saturated heterocycles. The van der Waals surface area contributed by atoms with Crippen LogP contribution in [0.15, 0.2) is 34.3 Å². The second kappa shape index (κ2) is 4.70. The molecule has 0 spiro atoms. The average molecular weight is 194 g/mol. The molecule has 1 heterocycles. The summed E-state index contributed by atoms with van der Waals surface area (Å²) in [5, 5.41) is 3.72. The highest BCUT2D eigenvalue weighted by molar-refractivity contribution is 8.13. The van der Waals surface area contributed by atoms with Gasteiger partial charge < -0.3 is 5.32 Å². The lowest BCUT2D eigenvalue weighted by Gasteiger charge is -1.98. The van der Waals surface area contributed by atoms with E-state index in [-0.39, 0.29) is 0 Å². The molecule has 0 aromatic carbocycles. The molecule has 0 amide bonds. The highest BCUT2D eigenvalue weighted by Gasteiger charge is 2.03. The zero-order valence-electron chi connectivity index (χ0n) is 7.50. The van der Waals surface area contributed by atoms with Gasteiger partial charge in [-0.25, -0.2) is 4.99 Å². The van der Waals surface area contributed by atoms with Crippen LogP contribution in [-0.4, -0.2) is 24.6 Å². The number of carbonyl (C=O) groups excluding carboxylic acids is 1. The summed E-state index contributed by atoms with van der Waals surface area (Å²) in [5.41, 5.74) is 4.15. The van der Waals surface area contributed by atoms with Crippen molar-refractivity contribution in [3.63, 3.8) is 0 Å². The Kier molecular flexibility index (Phi) is 3.55. The number of nitrogens with zero attached hydrogens (tertiary/aromatic N) is 1. The fourth-order valence-corrected chi connectivity index (χ4v) is 1.20. The number of rotatable bonds is 2. The largest absolute Gasteiger partial charge is 0.381 e. The van der Waals surface area contributed by atoms with E-state index in [1.165, 1.54) is 11.8 Å². The van der Waals surface area contributed by atoms with Gasteiger partial charge in [0.2, 0.25) is 0 Å². The summed E-state index contributed by atoms with van der Waals surface area (Å²) in [4.78, 5) is 14.7. The van der Waals surface area contributed by atoms with Crippen molar-refractivity contribution in [1.82, 2.24) is 5.32 Å². The lowest BCUT2D eigenvalue weighted by molar-refractivity contribution is -0.104. The van der Waals surface area contributed by atoms with Crippen LogP contribution in [0.4, 0.5) is 0 Å². The standard InChI is InChI=1S/C9H10N2OS/c1-10-8-3-4-9(13-2)11-5-7(8)6-12/h4-6,10H,1-2H3. The van der Waals surface area contributed by atoms with E-state index in [1.54, 1.807) is 19.3 Å². The van der Waals surface area contributed by atoms with E-state index in [4.69, 9.17) is 0 Å². The number of hydrogen-bond acceptors (Lipinski definition) is 4. The lowest BCUT2D eigenvalue weighted by Crippen LogP contribution is -2.07. The van der Waals surface area contributed by atoms with Gasteiger partial charge in [0.05, 0.1) is 11.3 Å². The van der Waals surface area contributed by atoms with Gasteiger partial charge in [-0.05, 0) is 6.26 Å². The maximum Gasteiger partial charge on any atom is 0.154 e. The van der Waals surface area contributed by atoms with Gasteiger partial charge in [-0.15, -0.1) is 11.8 Å². The highest BCUT2D eigenvalue weighted by Crippen LogP contribution is 2.09. The fraction of sp³-hybridized carbons (Fsp3) is 0.222. The number of aldehydes is 1. The molecule has 1 rings (SSSR count). The van der Waals surface area contributed by atoms with E-state index in [2.05, 4.69) is 16.0 Å². The average Bonchev–Trinajstić information content (AvgIpc) is 2.38. The van der Waals surface area contributed by atoms with Crippen LogP contribution in [0.1, 0.15) is 0 Å². The maximum atomic E-state index is 10.6. The van der Waals surface area contributed by atoms with Gasteiger partial charge >= 0.3 is 0 Å². The minimum absolute atomic E-state index is 0.516. The van der Waals surface area contributed by atoms with Crippen molar-refractivity contribution >= 4 is 23.1 Å². The van der Waals surface area contributed by atoms with Crippen LogP contribution in [0.2, 0.25) is 0 Å². The predicted octanol–water partition coefficient (Wildman–Crippen LogP) is 1.10. The van der Waals surface area contributed by atoms with Crippen LogP contribution in [-0.2, 0) is 4.79 Å². The molecule has 1 aliphatic rings. The van der Waals surface area contributed by atoms with Crippen LogP contribution in [0.3, 0.4) is 0 Å². The smallest absolute Gasteiger partial charge is 0.154 e. The molecule has 0 aliphatic carbocycles. The first-order valence-electron chi connectivity index (χ1n) is 3.73. The zero-order valence-corrected chi connectivity index (χ0v) is 8.31. The summed E-state index contributed by atoms with van der Waals surface area (Å²) in [6.45, 7) is 0. The van der Waals surface area contributed by atoms with Gasteiger partial charge in [-0.1, -0.05) is 5.73 Å². The number of nitrogens with one attached hydrogen (secondary N) is 1. The van der Waals surface area contributed by atoms with Gasteiger partial charge in [0.25, 0.3) is 0 Å². The van der Waals surface area contributed by atoms with Crippen molar-refractivity contribution in [3.05, 3.63) is 29.3 Å². The van der Waals surface area contributed by atoms with E-state index < -0.39 is 0 Å². The minimum atomic E-state index is 0.516. The second-order valence-electron chi connectivity index (χ2n) is 2.29. The van der Waals surface area contributed by atoms with Crippen molar-refractivity contribution in [1.29, 1.82) is 0 Å². The summed E-state index contributed by atoms with van der Waals surface area (Å²) in [5.74, 6) is 0. The van der Waals surface area contributed by atoms with E-state index in [0.29, 0.717) is 11.3 Å². The Labute approximate surface area is 81.3 Å². The highest BCUT2D eigenvalue weighted by atomic mass is 32.2. The van der Waals surface area contributed by atoms with Gasteiger partial charge in [0, 0.05) is 19.3 Å². The van der Waals surface area contributed by atoms with Crippen LogP contribution >= 0.6 is 11.8 Å². The number of likely N-dealkylation sites (N-methyl/N-ethyl adjacent to an activating group) is 1. The van der Waals surface area contributed by atoms with Crippen molar-refractivity contribution in [2.24, 2.45) is 4.99 Å². The molecular formula is C9H10N2OS. The summed E-state index contributed by atoms with van der Waals surface area (Å²) in [6, 6.07) is 0.